The van der Waals surface area contributed by atoms with E-state index in [0.717, 1.165) is 25.7 Å². The van der Waals surface area contributed by atoms with E-state index in [-0.39, 0.29) is 13.2 Å². The lowest BCUT2D eigenvalue weighted by Gasteiger charge is -2.48. The van der Waals surface area contributed by atoms with Gasteiger partial charge in [0.05, 0.1) is 6.10 Å². The molecule has 13 heavy (non-hydrogen) atoms. The second-order valence-electron chi connectivity index (χ2n) is 4.44. The Morgan fingerprint density at radius 1 is 1.23 bits per heavy atom. The third-order valence-electron chi connectivity index (χ3n) is 3.44. The lowest BCUT2D eigenvalue weighted by Crippen LogP contribution is -2.58. The molecule has 2 atom stereocenters. The predicted molar refractivity (Wildman–Crippen MR) is 52.3 cm³/mol. The number of fused-ring (bicyclic) bond motifs is 2. The molecule has 2 fully saturated rings. The maximum atomic E-state index is 9.61. The van der Waals surface area contributed by atoms with Crippen LogP contribution in [0.4, 0.5) is 0 Å². The average Bonchev–Trinajstić information content (AvgIpc) is 2.01. The van der Waals surface area contributed by atoms with Gasteiger partial charge in [0.15, 0.2) is 0 Å². The molecule has 2 unspecified atom stereocenters. The molecule has 2 rings (SSSR count). The van der Waals surface area contributed by atoms with Gasteiger partial charge in [-0.1, -0.05) is 6.42 Å². The quantitative estimate of drug-likeness (QED) is 0.581. The van der Waals surface area contributed by atoms with Gasteiger partial charge in [-0.3, -0.25) is 0 Å². The van der Waals surface area contributed by atoms with Crippen LogP contribution in [0.25, 0.3) is 0 Å². The van der Waals surface area contributed by atoms with Crippen molar-refractivity contribution in [2.75, 3.05) is 0 Å². The van der Waals surface area contributed by atoms with Gasteiger partial charge in [0.1, 0.15) is 0 Å². The van der Waals surface area contributed by atoms with Crippen LogP contribution in [-0.2, 0) is 0 Å². The van der Waals surface area contributed by atoms with Crippen LogP contribution < -0.4 is 0 Å². The summed E-state index contributed by atoms with van der Waals surface area (Å²) in [7, 11) is -0.345. The van der Waals surface area contributed by atoms with Gasteiger partial charge in [0, 0.05) is 12.1 Å². The molecule has 2 saturated heterocycles. The summed E-state index contributed by atoms with van der Waals surface area (Å²) in [5.74, 6) is 0. The highest BCUT2D eigenvalue weighted by molar-refractivity contribution is 6.45. The molecule has 0 saturated carbocycles. The van der Waals surface area contributed by atoms with Crippen LogP contribution in [0.1, 0.15) is 32.1 Å². The van der Waals surface area contributed by atoms with E-state index in [9.17, 15) is 10.1 Å². The van der Waals surface area contributed by atoms with Crippen molar-refractivity contribution in [2.24, 2.45) is 0 Å². The van der Waals surface area contributed by atoms with Crippen molar-refractivity contribution in [2.45, 2.75) is 57.1 Å². The van der Waals surface area contributed by atoms with Crippen LogP contribution in [0.15, 0.2) is 0 Å². The molecule has 2 aliphatic rings. The van der Waals surface area contributed by atoms with Gasteiger partial charge < -0.3 is 14.9 Å². The number of hydrogen-bond donors (Lipinski definition) is 2. The molecular weight excluding hydrogens is 165 g/mol. The lowest BCUT2D eigenvalue weighted by molar-refractivity contribution is 0.0121. The lowest BCUT2D eigenvalue weighted by atomic mass is 9.71. The van der Waals surface area contributed by atoms with Gasteiger partial charge in [0.2, 0.25) is 0 Å². The Morgan fingerprint density at radius 2 is 1.77 bits per heavy atom. The highest BCUT2D eigenvalue weighted by Gasteiger charge is 2.40. The van der Waals surface area contributed by atoms with Crippen molar-refractivity contribution >= 4 is 7.05 Å². The Kier molecular flexibility index (Phi) is 2.63. The minimum absolute atomic E-state index is 0.134. The van der Waals surface area contributed by atoms with E-state index in [0.29, 0.717) is 12.1 Å². The van der Waals surface area contributed by atoms with Crippen LogP contribution in [-0.4, -0.2) is 40.2 Å². The SMILES string of the molecule is CB(O)N1C2CCCC1CC(O)C2. The zero-order chi connectivity index (χ0) is 9.42. The Morgan fingerprint density at radius 3 is 2.23 bits per heavy atom. The summed E-state index contributed by atoms with van der Waals surface area (Å²) >= 11 is 0. The van der Waals surface area contributed by atoms with Crippen molar-refractivity contribution < 1.29 is 10.1 Å². The maximum absolute atomic E-state index is 9.61. The van der Waals surface area contributed by atoms with Crippen LogP contribution in [0.5, 0.6) is 0 Å². The third kappa shape index (κ3) is 1.76. The second kappa shape index (κ2) is 3.60. The average molecular weight is 183 g/mol. The van der Waals surface area contributed by atoms with Gasteiger partial charge in [-0.15, -0.1) is 0 Å². The first-order valence-electron chi connectivity index (χ1n) is 5.32. The summed E-state index contributed by atoms with van der Waals surface area (Å²) in [6.45, 7) is 1.84. The maximum Gasteiger partial charge on any atom is 0.376 e. The molecule has 0 spiro atoms. The largest absolute Gasteiger partial charge is 0.437 e. The Hall–Kier alpha value is -0.0551. The van der Waals surface area contributed by atoms with E-state index in [1.165, 1.54) is 6.42 Å². The molecule has 0 amide bonds. The molecule has 0 aromatic carbocycles. The topological polar surface area (TPSA) is 43.7 Å². The molecule has 2 N–H and O–H groups in total. The highest BCUT2D eigenvalue weighted by Crippen LogP contribution is 2.34. The number of aliphatic hydroxyl groups excluding tert-OH is 1. The fourth-order valence-corrected chi connectivity index (χ4v) is 3.00. The second-order valence-corrected chi connectivity index (χ2v) is 4.44. The first-order valence-corrected chi connectivity index (χ1v) is 5.32. The number of nitrogens with zero attached hydrogens (tertiary/aromatic N) is 1. The molecule has 2 bridgehead atoms. The first-order chi connectivity index (χ1) is 6.18. The van der Waals surface area contributed by atoms with Crippen LogP contribution in [0.2, 0.25) is 6.82 Å². The smallest absolute Gasteiger partial charge is 0.376 e. The molecule has 2 heterocycles. The molecule has 2 aliphatic heterocycles. The molecule has 4 heteroatoms. The summed E-state index contributed by atoms with van der Waals surface area (Å²) in [6.07, 6.45) is 5.09. The Balaban J connectivity index is 2.10. The summed E-state index contributed by atoms with van der Waals surface area (Å²) in [6, 6.07) is 0.838. The molecular formula is C9H18BNO2. The fourth-order valence-electron chi connectivity index (χ4n) is 3.00. The van der Waals surface area contributed by atoms with Crippen molar-refractivity contribution in [1.82, 2.24) is 4.81 Å². The molecule has 3 nitrogen and oxygen atoms in total. The van der Waals surface area contributed by atoms with E-state index < -0.39 is 0 Å². The van der Waals surface area contributed by atoms with Crippen LogP contribution in [0, 0.1) is 0 Å². The normalized spacial score (nSPS) is 40.4. The highest BCUT2D eigenvalue weighted by atomic mass is 16.3. The summed E-state index contributed by atoms with van der Waals surface area (Å²) in [5, 5.41) is 19.2. The summed E-state index contributed by atoms with van der Waals surface area (Å²) < 4.78 is 0. The van der Waals surface area contributed by atoms with Crippen LogP contribution in [0.3, 0.4) is 0 Å². The monoisotopic (exact) mass is 183 g/mol. The van der Waals surface area contributed by atoms with Gasteiger partial charge in [-0.05, 0) is 32.5 Å². The first kappa shape index (κ1) is 9.50. The van der Waals surface area contributed by atoms with E-state index in [4.69, 9.17) is 0 Å². The summed E-state index contributed by atoms with van der Waals surface area (Å²) in [4.78, 5) is 2.19. The van der Waals surface area contributed by atoms with Crippen molar-refractivity contribution in [3.63, 3.8) is 0 Å². The molecule has 0 radical (unpaired) electrons. The van der Waals surface area contributed by atoms with Crippen molar-refractivity contribution in [3.8, 4) is 0 Å². The van der Waals surface area contributed by atoms with Gasteiger partial charge in [0.25, 0.3) is 0 Å². The van der Waals surface area contributed by atoms with Crippen molar-refractivity contribution in [1.29, 1.82) is 0 Å². The zero-order valence-corrected chi connectivity index (χ0v) is 8.19. The van der Waals surface area contributed by atoms with Gasteiger partial charge >= 0.3 is 7.05 Å². The number of piperidine rings is 2. The molecule has 0 aliphatic carbocycles. The molecule has 74 valence electrons. The fraction of sp³-hybridized carbons (Fsp3) is 1.00. The predicted octanol–water partition coefficient (Wildman–Crippen LogP) is 0.475. The number of hydrogen-bond acceptors (Lipinski definition) is 3. The van der Waals surface area contributed by atoms with Crippen LogP contribution >= 0.6 is 0 Å². The standard InChI is InChI=1S/C9H18BNO2/c1-10(13)11-7-3-2-4-8(11)6-9(12)5-7/h7-9,12-13H,2-6H2,1H3. The summed E-state index contributed by atoms with van der Waals surface area (Å²) in [5.41, 5.74) is 0. The number of aliphatic hydroxyl groups is 1. The van der Waals surface area contributed by atoms with E-state index >= 15 is 0 Å². The third-order valence-corrected chi connectivity index (χ3v) is 3.44. The Bertz CT molecular complexity index is 174. The van der Waals surface area contributed by atoms with E-state index in [1.54, 1.807) is 0 Å². The van der Waals surface area contributed by atoms with Gasteiger partial charge in [-0.2, -0.15) is 0 Å². The minimum atomic E-state index is -0.345. The van der Waals surface area contributed by atoms with E-state index in [2.05, 4.69) is 4.81 Å². The Labute approximate surface area is 79.9 Å². The van der Waals surface area contributed by atoms with E-state index in [1.807, 2.05) is 6.82 Å². The molecule has 0 aromatic heterocycles. The zero-order valence-electron chi connectivity index (χ0n) is 8.19. The number of rotatable bonds is 1. The molecule has 0 aromatic rings. The van der Waals surface area contributed by atoms with Gasteiger partial charge in [-0.25, -0.2) is 0 Å². The minimum Gasteiger partial charge on any atom is -0.437 e. The van der Waals surface area contributed by atoms with Crippen molar-refractivity contribution in [3.05, 3.63) is 0 Å².